The molecule has 3 heteroatoms. The molecular formula is C7H15N3. The van der Waals surface area contributed by atoms with E-state index in [1.54, 1.807) is 0 Å². The lowest BCUT2D eigenvalue weighted by molar-refractivity contribution is 0.519. The normalized spacial score (nSPS) is 26.8. The van der Waals surface area contributed by atoms with Gasteiger partial charge in [0.2, 0.25) is 0 Å². The van der Waals surface area contributed by atoms with Gasteiger partial charge in [0, 0.05) is 37.4 Å². The Kier molecular flexibility index (Phi) is 2.17. The Labute approximate surface area is 61.7 Å². The first kappa shape index (κ1) is 7.41. The molecule has 1 rings (SSSR count). The molecule has 0 fully saturated rings. The average molecular weight is 141 g/mol. The molecule has 0 saturated heterocycles. The summed E-state index contributed by atoms with van der Waals surface area (Å²) in [5, 5.41) is 6.37. The number of hydrogen-bond acceptors (Lipinski definition) is 3. The van der Waals surface area contributed by atoms with Crippen LogP contribution in [0.2, 0.25) is 0 Å². The minimum absolute atomic E-state index is 0.551. The SMILES string of the molecule is CNC1=C(N)CNC(C)C1. The summed E-state index contributed by atoms with van der Waals surface area (Å²) in [4.78, 5) is 0. The van der Waals surface area contributed by atoms with Crippen molar-refractivity contribution in [1.82, 2.24) is 10.6 Å². The molecule has 0 aromatic carbocycles. The van der Waals surface area contributed by atoms with E-state index in [0.717, 1.165) is 18.7 Å². The molecular weight excluding hydrogens is 126 g/mol. The molecule has 0 saturated carbocycles. The number of nitrogens with two attached hydrogens (primary N) is 1. The van der Waals surface area contributed by atoms with Crippen molar-refractivity contribution in [1.29, 1.82) is 0 Å². The lowest BCUT2D eigenvalue weighted by Gasteiger charge is -2.23. The molecule has 3 nitrogen and oxygen atoms in total. The Balaban J connectivity index is 2.62. The van der Waals surface area contributed by atoms with E-state index in [4.69, 9.17) is 5.73 Å². The summed E-state index contributed by atoms with van der Waals surface area (Å²) in [6.07, 6.45) is 1.02. The fourth-order valence-electron chi connectivity index (χ4n) is 1.16. The molecule has 4 N–H and O–H groups in total. The van der Waals surface area contributed by atoms with Crippen LogP contribution in [0, 0.1) is 0 Å². The van der Waals surface area contributed by atoms with Crippen molar-refractivity contribution in [3.63, 3.8) is 0 Å². The topological polar surface area (TPSA) is 50.1 Å². The first-order valence-corrected chi connectivity index (χ1v) is 3.62. The van der Waals surface area contributed by atoms with Crippen LogP contribution in [-0.2, 0) is 0 Å². The third-order valence-electron chi connectivity index (χ3n) is 1.84. The number of nitrogens with one attached hydrogen (secondary N) is 2. The van der Waals surface area contributed by atoms with E-state index >= 15 is 0 Å². The third-order valence-corrected chi connectivity index (χ3v) is 1.84. The molecule has 1 aliphatic rings. The van der Waals surface area contributed by atoms with E-state index in [2.05, 4.69) is 17.6 Å². The van der Waals surface area contributed by atoms with Gasteiger partial charge in [0.15, 0.2) is 0 Å². The maximum atomic E-state index is 5.71. The first-order valence-electron chi connectivity index (χ1n) is 3.62. The van der Waals surface area contributed by atoms with Gasteiger partial charge in [-0.05, 0) is 6.92 Å². The highest BCUT2D eigenvalue weighted by Crippen LogP contribution is 2.08. The molecule has 10 heavy (non-hydrogen) atoms. The van der Waals surface area contributed by atoms with Gasteiger partial charge in [0.1, 0.15) is 0 Å². The van der Waals surface area contributed by atoms with Crippen molar-refractivity contribution >= 4 is 0 Å². The van der Waals surface area contributed by atoms with Gasteiger partial charge in [-0.2, -0.15) is 0 Å². The quantitative estimate of drug-likeness (QED) is 0.472. The third kappa shape index (κ3) is 1.42. The Morgan fingerprint density at radius 3 is 2.90 bits per heavy atom. The fraction of sp³-hybridized carbons (Fsp3) is 0.714. The number of rotatable bonds is 1. The van der Waals surface area contributed by atoms with Crippen LogP contribution in [-0.4, -0.2) is 19.6 Å². The van der Waals surface area contributed by atoms with Crippen molar-refractivity contribution in [3.05, 3.63) is 11.4 Å². The summed E-state index contributed by atoms with van der Waals surface area (Å²) in [7, 11) is 1.92. The van der Waals surface area contributed by atoms with Gasteiger partial charge in [-0.25, -0.2) is 0 Å². The van der Waals surface area contributed by atoms with Gasteiger partial charge in [-0.3, -0.25) is 0 Å². The van der Waals surface area contributed by atoms with Gasteiger partial charge in [0.25, 0.3) is 0 Å². The van der Waals surface area contributed by atoms with Crippen molar-refractivity contribution in [2.45, 2.75) is 19.4 Å². The fourth-order valence-corrected chi connectivity index (χ4v) is 1.16. The predicted molar refractivity (Wildman–Crippen MR) is 42.4 cm³/mol. The second kappa shape index (κ2) is 2.92. The summed E-state index contributed by atoms with van der Waals surface area (Å²) in [5.41, 5.74) is 7.84. The minimum atomic E-state index is 0.551. The predicted octanol–water partition coefficient (Wildman–Crippen LogP) is -0.242. The smallest absolute Gasteiger partial charge is 0.0414 e. The largest absolute Gasteiger partial charge is 0.400 e. The highest BCUT2D eigenvalue weighted by Gasteiger charge is 2.13. The van der Waals surface area contributed by atoms with Crippen LogP contribution in [0.1, 0.15) is 13.3 Å². The molecule has 0 bridgehead atoms. The van der Waals surface area contributed by atoms with Crippen LogP contribution < -0.4 is 16.4 Å². The summed E-state index contributed by atoms with van der Waals surface area (Å²) < 4.78 is 0. The van der Waals surface area contributed by atoms with Crippen LogP contribution in [0.5, 0.6) is 0 Å². The summed E-state index contributed by atoms with van der Waals surface area (Å²) in [5.74, 6) is 0. The van der Waals surface area contributed by atoms with Crippen molar-refractivity contribution in [2.24, 2.45) is 5.73 Å². The van der Waals surface area contributed by atoms with Crippen LogP contribution >= 0.6 is 0 Å². The molecule has 0 radical (unpaired) electrons. The van der Waals surface area contributed by atoms with E-state index < -0.39 is 0 Å². The van der Waals surface area contributed by atoms with Crippen LogP contribution in [0.25, 0.3) is 0 Å². The van der Waals surface area contributed by atoms with Crippen molar-refractivity contribution in [2.75, 3.05) is 13.6 Å². The van der Waals surface area contributed by atoms with Gasteiger partial charge >= 0.3 is 0 Å². The van der Waals surface area contributed by atoms with E-state index in [1.165, 1.54) is 5.70 Å². The van der Waals surface area contributed by atoms with E-state index in [0.29, 0.717) is 6.04 Å². The molecule has 0 aromatic rings. The molecule has 1 unspecified atom stereocenters. The molecule has 0 spiro atoms. The average Bonchev–Trinajstić information content (AvgIpc) is 1.94. The molecule has 1 atom stereocenters. The van der Waals surface area contributed by atoms with Crippen molar-refractivity contribution < 1.29 is 0 Å². The van der Waals surface area contributed by atoms with Gasteiger partial charge in [-0.1, -0.05) is 0 Å². The molecule has 0 aromatic heterocycles. The van der Waals surface area contributed by atoms with Gasteiger partial charge in [0.05, 0.1) is 0 Å². The monoisotopic (exact) mass is 141 g/mol. The summed E-state index contributed by atoms with van der Waals surface area (Å²) in [6.45, 7) is 2.97. The Morgan fingerprint density at radius 2 is 2.40 bits per heavy atom. The Bertz CT molecular complexity index is 151. The minimum Gasteiger partial charge on any atom is -0.400 e. The Morgan fingerprint density at radius 1 is 1.70 bits per heavy atom. The first-order chi connectivity index (χ1) is 4.74. The lowest BCUT2D eigenvalue weighted by Crippen LogP contribution is -2.38. The molecule has 0 aliphatic carbocycles. The highest BCUT2D eigenvalue weighted by molar-refractivity contribution is 5.15. The van der Waals surface area contributed by atoms with Gasteiger partial charge < -0.3 is 16.4 Å². The van der Waals surface area contributed by atoms with E-state index in [9.17, 15) is 0 Å². The molecule has 58 valence electrons. The van der Waals surface area contributed by atoms with Crippen LogP contribution in [0.3, 0.4) is 0 Å². The van der Waals surface area contributed by atoms with Gasteiger partial charge in [-0.15, -0.1) is 0 Å². The second-order valence-corrected chi connectivity index (χ2v) is 2.74. The van der Waals surface area contributed by atoms with Crippen LogP contribution in [0.4, 0.5) is 0 Å². The summed E-state index contributed by atoms with van der Waals surface area (Å²) in [6, 6.07) is 0.551. The second-order valence-electron chi connectivity index (χ2n) is 2.74. The van der Waals surface area contributed by atoms with Crippen molar-refractivity contribution in [3.8, 4) is 0 Å². The zero-order chi connectivity index (χ0) is 7.56. The zero-order valence-electron chi connectivity index (χ0n) is 6.57. The standard InChI is InChI=1S/C7H15N3/c1-5-3-7(9-2)6(8)4-10-5/h5,9-10H,3-4,8H2,1-2H3. The number of hydrogen-bond donors (Lipinski definition) is 3. The molecule has 0 amide bonds. The maximum absolute atomic E-state index is 5.71. The molecule has 1 aliphatic heterocycles. The molecule has 1 heterocycles. The lowest BCUT2D eigenvalue weighted by atomic mass is 10.1. The Hall–Kier alpha value is -0.700. The highest BCUT2D eigenvalue weighted by atomic mass is 15.0. The maximum Gasteiger partial charge on any atom is 0.0414 e. The summed E-state index contributed by atoms with van der Waals surface area (Å²) >= 11 is 0. The van der Waals surface area contributed by atoms with Crippen LogP contribution in [0.15, 0.2) is 11.4 Å². The van der Waals surface area contributed by atoms with E-state index in [-0.39, 0.29) is 0 Å². The zero-order valence-corrected chi connectivity index (χ0v) is 6.57. The van der Waals surface area contributed by atoms with E-state index in [1.807, 2.05) is 7.05 Å².